The number of aromatic nitrogens is 1. The molecule has 0 amide bonds. The molecule has 0 fully saturated rings. The van der Waals surface area contributed by atoms with Crippen LogP contribution in [0.15, 0.2) is 38.5 Å². The molecule has 1 aromatic heterocycles. The maximum Gasteiger partial charge on any atom is 0.290 e. The highest BCUT2D eigenvalue weighted by atomic mass is 32.2. The van der Waals surface area contributed by atoms with Crippen LogP contribution < -0.4 is 11.3 Å². The number of rotatable bonds is 3. The number of nitrogen functional groups attached to an aromatic ring is 1. The van der Waals surface area contributed by atoms with Crippen LogP contribution in [0.25, 0.3) is 0 Å². The summed E-state index contributed by atoms with van der Waals surface area (Å²) in [6, 6.07) is 5.23. The molecule has 7 heteroatoms. The largest absolute Gasteiger partial charge is 0.399 e. The highest BCUT2D eigenvalue weighted by Crippen LogP contribution is 2.22. The van der Waals surface area contributed by atoms with Gasteiger partial charge in [-0.2, -0.15) is 0 Å². The molecule has 0 bridgehead atoms. The SMILES string of the molecule is Cc1cc(=O)n(C(=O)CSc2cc(N)cc(F)c2)o1. The summed E-state index contributed by atoms with van der Waals surface area (Å²) in [4.78, 5) is 23.6. The lowest BCUT2D eigenvalue weighted by atomic mass is 10.3. The molecule has 0 atom stereocenters. The van der Waals surface area contributed by atoms with E-state index in [2.05, 4.69) is 0 Å². The van der Waals surface area contributed by atoms with Gasteiger partial charge in [-0.05, 0) is 25.1 Å². The van der Waals surface area contributed by atoms with E-state index < -0.39 is 17.3 Å². The summed E-state index contributed by atoms with van der Waals surface area (Å²) >= 11 is 1.08. The van der Waals surface area contributed by atoms with Crippen LogP contribution in [-0.2, 0) is 0 Å². The van der Waals surface area contributed by atoms with Gasteiger partial charge in [0.2, 0.25) is 0 Å². The number of hydrogen-bond acceptors (Lipinski definition) is 5. The Morgan fingerprint density at radius 3 is 2.74 bits per heavy atom. The minimum Gasteiger partial charge on any atom is -0.399 e. The van der Waals surface area contributed by atoms with Crippen molar-refractivity contribution in [2.24, 2.45) is 0 Å². The van der Waals surface area contributed by atoms with E-state index >= 15 is 0 Å². The van der Waals surface area contributed by atoms with Crippen LogP contribution in [0, 0.1) is 12.7 Å². The predicted molar refractivity (Wildman–Crippen MR) is 69.9 cm³/mol. The van der Waals surface area contributed by atoms with Gasteiger partial charge < -0.3 is 10.3 Å². The Balaban J connectivity index is 2.08. The number of aryl methyl sites for hydroxylation is 1. The lowest BCUT2D eigenvalue weighted by Crippen LogP contribution is -2.23. The van der Waals surface area contributed by atoms with Gasteiger partial charge in [0.05, 0.1) is 5.75 Å². The number of carbonyl (C=O) groups excluding carboxylic acids is 1. The molecule has 0 spiro atoms. The van der Waals surface area contributed by atoms with Gasteiger partial charge >= 0.3 is 0 Å². The Morgan fingerprint density at radius 2 is 2.16 bits per heavy atom. The molecular formula is C12H11FN2O3S. The Kier molecular flexibility index (Phi) is 3.75. The van der Waals surface area contributed by atoms with Gasteiger partial charge in [0.15, 0.2) is 0 Å². The molecule has 0 saturated carbocycles. The highest BCUT2D eigenvalue weighted by Gasteiger charge is 2.12. The Hall–Kier alpha value is -2.02. The third kappa shape index (κ3) is 3.25. The van der Waals surface area contributed by atoms with Gasteiger partial charge in [0.25, 0.3) is 11.5 Å². The maximum atomic E-state index is 13.1. The highest BCUT2D eigenvalue weighted by molar-refractivity contribution is 8.00. The average molecular weight is 282 g/mol. The van der Waals surface area contributed by atoms with Gasteiger partial charge in [-0.15, -0.1) is 16.5 Å². The molecule has 2 rings (SSSR count). The topological polar surface area (TPSA) is 78.2 Å². The van der Waals surface area contributed by atoms with Crippen molar-refractivity contribution in [3.05, 3.63) is 46.2 Å². The quantitative estimate of drug-likeness (QED) is 0.687. The van der Waals surface area contributed by atoms with Gasteiger partial charge in [0.1, 0.15) is 11.6 Å². The van der Waals surface area contributed by atoms with Crippen molar-refractivity contribution in [1.29, 1.82) is 0 Å². The summed E-state index contributed by atoms with van der Waals surface area (Å²) in [5.41, 5.74) is 5.26. The summed E-state index contributed by atoms with van der Waals surface area (Å²) < 4.78 is 18.7. The number of benzene rings is 1. The molecule has 2 aromatic rings. The lowest BCUT2D eigenvalue weighted by molar-refractivity contribution is 0.0813. The van der Waals surface area contributed by atoms with Crippen molar-refractivity contribution in [1.82, 2.24) is 4.74 Å². The van der Waals surface area contributed by atoms with E-state index in [1.807, 2.05) is 0 Å². The van der Waals surface area contributed by atoms with Crippen molar-refractivity contribution in [3.8, 4) is 0 Å². The van der Waals surface area contributed by atoms with Crippen LogP contribution in [0.3, 0.4) is 0 Å². The van der Waals surface area contributed by atoms with E-state index in [0.717, 1.165) is 11.8 Å². The van der Waals surface area contributed by atoms with E-state index in [9.17, 15) is 14.0 Å². The van der Waals surface area contributed by atoms with Crippen LogP contribution in [0.2, 0.25) is 0 Å². The molecule has 1 aromatic carbocycles. The van der Waals surface area contributed by atoms with E-state index in [-0.39, 0.29) is 11.4 Å². The second-order valence-corrected chi connectivity index (χ2v) is 4.93. The molecular weight excluding hydrogens is 271 g/mol. The molecule has 0 unspecified atom stereocenters. The molecule has 0 aliphatic carbocycles. The van der Waals surface area contributed by atoms with Crippen molar-refractivity contribution in [3.63, 3.8) is 0 Å². The standard InChI is InChI=1S/C12H11FN2O3S/c1-7-2-11(16)15(18-7)12(17)6-19-10-4-8(13)3-9(14)5-10/h2-5H,6,14H2,1H3. The zero-order valence-corrected chi connectivity index (χ0v) is 10.9. The molecule has 1 heterocycles. The maximum absolute atomic E-state index is 13.1. The second kappa shape index (κ2) is 5.31. The molecule has 5 nitrogen and oxygen atoms in total. The predicted octanol–water partition coefficient (Wildman–Crippen LogP) is 1.90. The lowest BCUT2D eigenvalue weighted by Gasteiger charge is -2.02. The fraction of sp³-hybridized carbons (Fsp3) is 0.167. The molecule has 0 saturated heterocycles. The zero-order valence-electron chi connectivity index (χ0n) is 10.1. The van der Waals surface area contributed by atoms with Gasteiger partial charge in [-0.25, -0.2) is 4.39 Å². The third-order valence-corrected chi connectivity index (χ3v) is 3.20. The summed E-state index contributed by atoms with van der Waals surface area (Å²) in [6.45, 7) is 1.57. The third-order valence-electron chi connectivity index (χ3n) is 2.24. The minimum atomic E-state index is -0.512. The number of hydrogen-bond donors (Lipinski definition) is 1. The zero-order chi connectivity index (χ0) is 14.0. The Bertz CT molecular complexity index is 658. The molecule has 0 radical (unpaired) electrons. The summed E-state index contributed by atoms with van der Waals surface area (Å²) in [5, 5.41) is 0. The fourth-order valence-electron chi connectivity index (χ4n) is 1.49. The average Bonchev–Trinajstić information content (AvgIpc) is 2.64. The molecule has 19 heavy (non-hydrogen) atoms. The smallest absolute Gasteiger partial charge is 0.290 e. The molecule has 2 N–H and O–H groups in total. The van der Waals surface area contributed by atoms with E-state index in [1.165, 1.54) is 18.2 Å². The molecule has 100 valence electrons. The fourth-order valence-corrected chi connectivity index (χ4v) is 2.32. The Labute approximate surface area is 112 Å². The first-order valence-corrected chi connectivity index (χ1v) is 6.36. The number of carbonyl (C=O) groups is 1. The molecule has 0 aliphatic rings. The van der Waals surface area contributed by atoms with Crippen LogP contribution in [0.4, 0.5) is 10.1 Å². The first kappa shape index (κ1) is 13.4. The van der Waals surface area contributed by atoms with Gasteiger partial charge in [0, 0.05) is 16.6 Å². The normalized spacial score (nSPS) is 10.6. The van der Waals surface area contributed by atoms with Crippen molar-refractivity contribution in [2.45, 2.75) is 11.8 Å². The summed E-state index contributed by atoms with van der Waals surface area (Å²) in [7, 11) is 0. The Morgan fingerprint density at radius 1 is 1.42 bits per heavy atom. The van der Waals surface area contributed by atoms with Crippen LogP contribution in [-0.4, -0.2) is 16.4 Å². The van der Waals surface area contributed by atoms with Crippen molar-refractivity contribution < 1.29 is 13.7 Å². The van der Waals surface area contributed by atoms with Gasteiger partial charge in [-0.1, -0.05) is 0 Å². The first-order chi connectivity index (χ1) is 8.95. The molecule has 0 aliphatic heterocycles. The number of thioether (sulfide) groups is 1. The number of nitrogens with two attached hydrogens (primary N) is 1. The van der Waals surface area contributed by atoms with E-state index in [1.54, 1.807) is 13.0 Å². The number of halogens is 1. The second-order valence-electron chi connectivity index (χ2n) is 3.88. The monoisotopic (exact) mass is 282 g/mol. The van der Waals surface area contributed by atoms with E-state index in [0.29, 0.717) is 15.4 Å². The summed E-state index contributed by atoms with van der Waals surface area (Å²) in [5.74, 6) is -0.666. The van der Waals surface area contributed by atoms with E-state index in [4.69, 9.17) is 10.3 Å². The summed E-state index contributed by atoms with van der Waals surface area (Å²) in [6.07, 6.45) is 0. The van der Waals surface area contributed by atoms with Crippen molar-refractivity contribution in [2.75, 3.05) is 11.5 Å². The first-order valence-electron chi connectivity index (χ1n) is 5.38. The van der Waals surface area contributed by atoms with Gasteiger partial charge in [-0.3, -0.25) is 9.59 Å². The van der Waals surface area contributed by atoms with Crippen LogP contribution >= 0.6 is 11.8 Å². The number of anilines is 1. The van der Waals surface area contributed by atoms with Crippen molar-refractivity contribution >= 4 is 23.4 Å². The van der Waals surface area contributed by atoms with Crippen LogP contribution in [0.1, 0.15) is 10.6 Å². The minimum absolute atomic E-state index is 0.0459. The van der Waals surface area contributed by atoms with Crippen LogP contribution in [0.5, 0.6) is 0 Å². The number of nitrogens with zero attached hydrogens (tertiary/aromatic N) is 1.